The molecule has 2 aromatic heterocycles. The number of fused-ring (bicyclic) bond motifs is 2. The maximum Gasteiger partial charge on any atom is 0.0712 e. The number of pyridine rings is 2. The van der Waals surface area contributed by atoms with E-state index in [1.54, 1.807) is 0 Å². The van der Waals surface area contributed by atoms with E-state index in [4.69, 9.17) is 9.97 Å². The van der Waals surface area contributed by atoms with Crippen molar-refractivity contribution in [1.29, 1.82) is 0 Å². The van der Waals surface area contributed by atoms with Crippen molar-refractivity contribution in [3.8, 4) is 11.3 Å². The lowest BCUT2D eigenvalue weighted by Gasteiger charge is -2.08. The van der Waals surface area contributed by atoms with Gasteiger partial charge in [-0.25, -0.2) is 4.98 Å². The fourth-order valence-electron chi connectivity index (χ4n) is 3.20. The van der Waals surface area contributed by atoms with Crippen molar-refractivity contribution in [2.45, 2.75) is 26.7 Å². The molecule has 0 spiro atoms. The molecule has 118 valence electrons. The Balaban J connectivity index is 1.85. The lowest BCUT2D eigenvalue weighted by molar-refractivity contribution is 1.06. The highest BCUT2D eigenvalue weighted by atomic mass is 14.7. The Labute approximate surface area is 142 Å². The summed E-state index contributed by atoms with van der Waals surface area (Å²) in [6.07, 6.45) is 1.98. The molecule has 0 aliphatic carbocycles. The normalized spacial score (nSPS) is 11.2. The predicted molar refractivity (Wildman–Crippen MR) is 101 cm³/mol. The minimum Gasteiger partial charge on any atom is -0.253 e. The van der Waals surface area contributed by atoms with Crippen LogP contribution in [0.2, 0.25) is 0 Å². The number of hydrogen-bond acceptors (Lipinski definition) is 2. The first-order valence-corrected chi connectivity index (χ1v) is 8.57. The first kappa shape index (κ1) is 14.8. The fourth-order valence-corrected chi connectivity index (χ4v) is 3.20. The number of aromatic nitrogens is 2. The van der Waals surface area contributed by atoms with Crippen LogP contribution in [-0.2, 0) is 12.8 Å². The van der Waals surface area contributed by atoms with Gasteiger partial charge in [0.1, 0.15) is 0 Å². The van der Waals surface area contributed by atoms with Gasteiger partial charge in [-0.2, -0.15) is 0 Å². The number of aryl methyl sites for hydroxylation is 2. The molecule has 2 aromatic carbocycles. The number of benzene rings is 2. The minimum absolute atomic E-state index is 0.953. The molecule has 0 saturated heterocycles. The van der Waals surface area contributed by atoms with E-state index >= 15 is 0 Å². The third-order valence-corrected chi connectivity index (χ3v) is 4.61. The molecular formula is C22H20N2. The summed E-state index contributed by atoms with van der Waals surface area (Å²) in [5, 5.41) is 2.42. The second-order valence-corrected chi connectivity index (χ2v) is 6.10. The first-order chi connectivity index (χ1) is 11.8. The van der Waals surface area contributed by atoms with Gasteiger partial charge in [-0.15, -0.1) is 0 Å². The molecule has 4 aromatic rings. The summed E-state index contributed by atoms with van der Waals surface area (Å²) in [6.45, 7) is 4.32. The quantitative estimate of drug-likeness (QED) is 0.494. The topological polar surface area (TPSA) is 25.8 Å². The molecule has 0 aliphatic rings. The SMILES string of the molecule is CCc1ccc2ccc(-c3ccc4c(CC)cccc4n3)cc2n1. The van der Waals surface area contributed by atoms with Crippen LogP contribution in [0.4, 0.5) is 0 Å². The standard InChI is InChI=1S/C22H20N2/c1-3-15-6-5-7-21-19(15)12-13-20(24-21)17-9-8-16-10-11-18(4-2)23-22(16)14-17/h5-14H,3-4H2,1-2H3. The van der Waals surface area contributed by atoms with Crippen molar-refractivity contribution >= 4 is 21.8 Å². The summed E-state index contributed by atoms with van der Waals surface area (Å²) in [5.74, 6) is 0. The van der Waals surface area contributed by atoms with Gasteiger partial charge in [0, 0.05) is 22.0 Å². The van der Waals surface area contributed by atoms with E-state index in [9.17, 15) is 0 Å². The maximum absolute atomic E-state index is 4.88. The van der Waals surface area contributed by atoms with Crippen LogP contribution in [0.15, 0.2) is 60.7 Å². The second-order valence-electron chi connectivity index (χ2n) is 6.10. The molecule has 24 heavy (non-hydrogen) atoms. The van der Waals surface area contributed by atoms with Gasteiger partial charge in [-0.05, 0) is 42.7 Å². The van der Waals surface area contributed by atoms with Crippen LogP contribution in [0.5, 0.6) is 0 Å². The van der Waals surface area contributed by atoms with Crippen molar-refractivity contribution in [3.05, 3.63) is 71.9 Å². The smallest absolute Gasteiger partial charge is 0.0712 e. The van der Waals surface area contributed by atoms with E-state index in [0.717, 1.165) is 40.8 Å². The van der Waals surface area contributed by atoms with Crippen LogP contribution in [0, 0.1) is 0 Å². The Bertz CT molecular complexity index is 1030. The molecule has 0 saturated carbocycles. The van der Waals surface area contributed by atoms with Crippen LogP contribution in [-0.4, -0.2) is 9.97 Å². The van der Waals surface area contributed by atoms with Gasteiger partial charge < -0.3 is 0 Å². The number of hydrogen-bond donors (Lipinski definition) is 0. The third-order valence-electron chi connectivity index (χ3n) is 4.61. The Kier molecular flexibility index (Phi) is 3.73. The molecule has 0 fully saturated rings. The van der Waals surface area contributed by atoms with Crippen molar-refractivity contribution < 1.29 is 0 Å². The number of rotatable bonds is 3. The zero-order valence-corrected chi connectivity index (χ0v) is 14.1. The molecule has 0 aliphatic heterocycles. The highest BCUT2D eigenvalue weighted by Crippen LogP contribution is 2.26. The molecule has 0 atom stereocenters. The van der Waals surface area contributed by atoms with Gasteiger partial charge in [0.15, 0.2) is 0 Å². The first-order valence-electron chi connectivity index (χ1n) is 8.57. The van der Waals surface area contributed by atoms with E-state index in [0.29, 0.717) is 0 Å². The molecular weight excluding hydrogens is 292 g/mol. The highest BCUT2D eigenvalue weighted by Gasteiger charge is 2.06. The van der Waals surface area contributed by atoms with Gasteiger partial charge in [0.25, 0.3) is 0 Å². The zero-order chi connectivity index (χ0) is 16.5. The zero-order valence-electron chi connectivity index (χ0n) is 14.1. The van der Waals surface area contributed by atoms with Crippen molar-refractivity contribution in [2.24, 2.45) is 0 Å². The van der Waals surface area contributed by atoms with E-state index < -0.39 is 0 Å². The summed E-state index contributed by atoms with van der Waals surface area (Å²) >= 11 is 0. The molecule has 2 nitrogen and oxygen atoms in total. The maximum atomic E-state index is 4.88. The largest absolute Gasteiger partial charge is 0.253 e. The molecule has 2 heterocycles. The molecule has 4 rings (SSSR count). The molecule has 0 radical (unpaired) electrons. The summed E-state index contributed by atoms with van der Waals surface area (Å²) in [5.41, 5.74) is 6.68. The predicted octanol–water partition coefficient (Wildman–Crippen LogP) is 5.57. The van der Waals surface area contributed by atoms with Crippen LogP contribution in [0.1, 0.15) is 25.1 Å². The lowest BCUT2D eigenvalue weighted by Crippen LogP contribution is -1.91. The Hall–Kier alpha value is -2.74. The summed E-state index contributed by atoms with van der Waals surface area (Å²) < 4.78 is 0. The van der Waals surface area contributed by atoms with Gasteiger partial charge in [-0.3, -0.25) is 4.98 Å². The number of nitrogens with zero attached hydrogens (tertiary/aromatic N) is 2. The van der Waals surface area contributed by atoms with Gasteiger partial charge >= 0.3 is 0 Å². The molecule has 0 N–H and O–H groups in total. The van der Waals surface area contributed by atoms with E-state index in [2.05, 4.69) is 74.5 Å². The highest BCUT2D eigenvalue weighted by molar-refractivity contribution is 5.87. The van der Waals surface area contributed by atoms with Crippen molar-refractivity contribution in [1.82, 2.24) is 9.97 Å². The molecule has 2 heteroatoms. The monoisotopic (exact) mass is 312 g/mol. The van der Waals surface area contributed by atoms with E-state index in [1.165, 1.54) is 16.3 Å². The molecule has 0 bridgehead atoms. The lowest BCUT2D eigenvalue weighted by atomic mass is 10.0. The van der Waals surface area contributed by atoms with Crippen LogP contribution in [0.25, 0.3) is 33.1 Å². The van der Waals surface area contributed by atoms with Crippen LogP contribution < -0.4 is 0 Å². The van der Waals surface area contributed by atoms with Gasteiger partial charge in [-0.1, -0.05) is 50.2 Å². The van der Waals surface area contributed by atoms with E-state index in [-0.39, 0.29) is 0 Å². The van der Waals surface area contributed by atoms with Crippen molar-refractivity contribution in [3.63, 3.8) is 0 Å². The fraction of sp³-hybridized carbons (Fsp3) is 0.182. The summed E-state index contributed by atoms with van der Waals surface area (Å²) in [4.78, 5) is 9.62. The third kappa shape index (κ3) is 2.54. The second kappa shape index (κ2) is 6.04. The minimum atomic E-state index is 0.953. The van der Waals surface area contributed by atoms with Crippen LogP contribution in [0.3, 0.4) is 0 Å². The van der Waals surface area contributed by atoms with Crippen molar-refractivity contribution in [2.75, 3.05) is 0 Å². The average Bonchev–Trinajstić information content (AvgIpc) is 2.66. The Morgan fingerprint density at radius 3 is 2.46 bits per heavy atom. The average molecular weight is 312 g/mol. The Morgan fingerprint density at radius 2 is 1.62 bits per heavy atom. The van der Waals surface area contributed by atoms with E-state index in [1.807, 2.05) is 0 Å². The summed E-state index contributed by atoms with van der Waals surface area (Å²) in [6, 6.07) is 21.3. The van der Waals surface area contributed by atoms with Gasteiger partial charge in [0.2, 0.25) is 0 Å². The molecule has 0 amide bonds. The molecule has 0 unspecified atom stereocenters. The van der Waals surface area contributed by atoms with Gasteiger partial charge in [0.05, 0.1) is 16.7 Å². The van der Waals surface area contributed by atoms with Crippen LogP contribution >= 0.6 is 0 Å². The summed E-state index contributed by atoms with van der Waals surface area (Å²) in [7, 11) is 0. The Morgan fingerprint density at radius 1 is 0.750 bits per heavy atom.